The number of allylic oxidation sites excluding steroid dienone is 4. The number of nitrogens with one attached hydrogen (secondary N) is 2. The van der Waals surface area contributed by atoms with E-state index in [-0.39, 0.29) is 17.6 Å². The summed E-state index contributed by atoms with van der Waals surface area (Å²) in [5, 5.41) is 7.87. The zero-order valence-electron chi connectivity index (χ0n) is 25.4. The smallest absolute Gasteiger partial charge is 0.130 e. The Kier molecular flexibility index (Phi) is 5.45. The molecule has 5 aromatic rings. The van der Waals surface area contributed by atoms with Crippen molar-refractivity contribution >= 4 is 28.3 Å². The maximum atomic E-state index is 4.02. The first-order chi connectivity index (χ1) is 22.8. The van der Waals surface area contributed by atoms with Gasteiger partial charge in [0.1, 0.15) is 6.17 Å². The molecular weight excluding hydrogens is 558 g/mol. The minimum atomic E-state index is -0.349. The molecule has 0 fully saturated rings. The zero-order chi connectivity index (χ0) is 30.2. The van der Waals surface area contributed by atoms with Gasteiger partial charge in [-0.25, -0.2) is 0 Å². The van der Waals surface area contributed by atoms with Crippen LogP contribution in [0.2, 0.25) is 0 Å². The second-order valence-electron chi connectivity index (χ2n) is 12.9. The van der Waals surface area contributed by atoms with Gasteiger partial charge < -0.3 is 15.5 Å². The average molecular weight is 592 g/mol. The van der Waals surface area contributed by atoms with E-state index in [0.29, 0.717) is 0 Å². The molecule has 0 saturated carbocycles. The lowest BCUT2D eigenvalue weighted by Crippen LogP contribution is -2.42. The normalized spacial score (nSPS) is 23.1. The summed E-state index contributed by atoms with van der Waals surface area (Å²) in [4.78, 5) is 2.58. The average Bonchev–Trinajstić information content (AvgIpc) is 3.67. The first-order valence-corrected chi connectivity index (χ1v) is 16.4. The molecule has 0 bridgehead atoms. The maximum absolute atomic E-state index is 4.02. The van der Waals surface area contributed by atoms with Gasteiger partial charge in [0.05, 0.1) is 22.8 Å². The molecule has 3 unspecified atom stereocenters. The third-order valence-corrected chi connectivity index (χ3v) is 10.6. The van der Waals surface area contributed by atoms with Gasteiger partial charge in [0, 0.05) is 11.4 Å². The SMILES string of the molecule is C1=CC2=C(CC1)c1ccccc1C21c2ccccc2N2c3c(cccc31)NC2C1=CC(c2ccccc2)NC(c2ccccc2)=C1. The number of anilines is 3. The highest BCUT2D eigenvalue weighted by Gasteiger charge is 2.54. The highest BCUT2D eigenvalue weighted by atomic mass is 15.3. The number of para-hydroxylation sites is 2. The molecule has 1 spiro atoms. The van der Waals surface area contributed by atoms with Crippen molar-refractivity contribution in [3.05, 3.63) is 196 Å². The number of fused-ring (bicyclic) bond motifs is 8. The van der Waals surface area contributed by atoms with Gasteiger partial charge in [-0.05, 0) is 81.2 Å². The summed E-state index contributed by atoms with van der Waals surface area (Å²) in [7, 11) is 0. The third-order valence-electron chi connectivity index (χ3n) is 10.6. The molecule has 3 heterocycles. The van der Waals surface area contributed by atoms with Gasteiger partial charge in [0.25, 0.3) is 0 Å². The Labute approximate surface area is 269 Å². The van der Waals surface area contributed by atoms with Crippen LogP contribution in [-0.4, -0.2) is 6.17 Å². The number of benzene rings is 5. The van der Waals surface area contributed by atoms with E-state index in [1.807, 2.05) is 0 Å². The van der Waals surface area contributed by atoms with Crippen LogP contribution in [0.5, 0.6) is 0 Å². The second-order valence-corrected chi connectivity index (χ2v) is 12.9. The minimum Gasteiger partial charge on any atom is -0.374 e. The van der Waals surface area contributed by atoms with E-state index < -0.39 is 0 Å². The monoisotopic (exact) mass is 591 g/mol. The summed E-state index contributed by atoms with van der Waals surface area (Å²) in [6, 6.07) is 46.7. The lowest BCUT2D eigenvalue weighted by molar-refractivity contribution is 0.711. The van der Waals surface area contributed by atoms with Gasteiger partial charge in [0.15, 0.2) is 0 Å². The molecule has 46 heavy (non-hydrogen) atoms. The fraction of sp³-hybridized carbons (Fsp3) is 0.116. The molecule has 3 atom stereocenters. The lowest BCUT2D eigenvalue weighted by Gasteiger charge is -2.45. The van der Waals surface area contributed by atoms with E-state index in [4.69, 9.17) is 0 Å². The van der Waals surface area contributed by atoms with Gasteiger partial charge in [-0.3, -0.25) is 0 Å². The lowest BCUT2D eigenvalue weighted by atomic mass is 9.63. The van der Waals surface area contributed by atoms with Crippen molar-refractivity contribution in [1.29, 1.82) is 0 Å². The van der Waals surface area contributed by atoms with E-state index in [0.717, 1.165) is 18.5 Å². The van der Waals surface area contributed by atoms with Gasteiger partial charge >= 0.3 is 0 Å². The van der Waals surface area contributed by atoms with Crippen molar-refractivity contribution < 1.29 is 0 Å². The molecule has 0 amide bonds. The van der Waals surface area contributed by atoms with Gasteiger partial charge in [0.2, 0.25) is 0 Å². The molecule has 3 heteroatoms. The second kappa shape index (κ2) is 9.73. The van der Waals surface area contributed by atoms with Crippen LogP contribution in [0, 0.1) is 0 Å². The van der Waals surface area contributed by atoms with Crippen LogP contribution in [0.15, 0.2) is 163 Å². The number of rotatable bonds is 3. The van der Waals surface area contributed by atoms with Crippen LogP contribution in [0.25, 0.3) is 11.3 Å². The predicted octanol–water partition coefficient (Wildman–Crippen LogP) is 9.65. The fourth-order valence-corrected chi connectivity index (χ4v) is 8.75. The molecule has 5 aliphatic rings. The highest BCUT2D eigenvalue weighted by molar-refractivity contribution is 5.99. The summed E-state index contributed by atoms with van der Waals surface area (Å²) >= 11 is 0. The zero-order valence-corrected chi connectivity index (χ0v) is 25.4. The maximum Gasteiger partial charge on any atom is 0.130 e. The van der Waals surface area contributed by atoms with Gasteiger partial charge in [-0.15, -0.1) is 0 Å². The molecule has 10 rings (SSSR count). The molecule has 0 radical (unpaired) electrons. The molecule has 2 N–H and O–H groups in total. The summed E-state index contributed by atoms with van der Waals surface area (Å²) in [5.41, 5.74) is 16.7. The molecule has 3 nitrogen and oxygen atoms in total. The van der Waals surface area contributed by atoms with Crippen LogP contribution in [-0.2, 0) is 5.41 Å². The van der Waals surface area contributed by atoms with Crippen LogP contribution in [0.4, 0.5) is 17.1 Å². The Morgan fingerprint density at radius 2 is 1.41 bits per heavy atom. The first-order valence-electron chi connectivity index (χ1n) is 16.4. The molecule has 5 aromatic carbocycles. The Hall–Kier alpha value is -5.54. The van der Waals surface area contributed by atoms with Gasteiger partial charge in [-0.1, -0.05) is 133 Å². The topological polar surface area (TPSA) is 27.3 Å². The van der Waals surface area contributed by atoms with Crippen molar-refractivity contribution in [2.75, 3.05) is 10.2 Å². The van der Waals surface area contributed by atoms with Crippen LogP contribution in [0.1, 0.15) is 52.3 Å². The van der Waals surface area contributed by atoms with Crippen molar-refractivity contribution in [2.45, 2.75) is 30.5 Å². The Morgan fingerprint density at radius 1 is 0.674 bits per heavy atom. The predicted molar refractivity (Wildman–Crippen MR) is 189 cm³/mol. The third kappa shape index (κ3) is 3.43. The number of hydrogen-bond donors (Lipinski definition) is 2. The molecule has 2 aliphatic carbocycles. The van der Waals surface area contributed by atoms with Crippen molar-refractivity contribution in [1.82, 2.24) is 5.32 Å². The summed E-state index contributed by atoms with van der Waals surface area (Å²) < 4.78 is 0. The minimum absolute atomic E-state index is 0.0505. The van der Waals surface area contributed by atoms with Crippen molar-refractivity contribution in [2.24, 2.45) is 0 Å². The largest absolute Gasteiger partial charge is 0.374 e. The molecular formula is C43H33N3. The Balaban J connectivity index is 1.20. The van der Waals surface area contributed by atoms with Crippen LogP contribution < -0.4 is 15.5 Å². The quantitative estimate of drug-likeness (QED) is 0.219. The Morgan fingerprint density at radius 3 is 2.28 bits per heavy atom. The van der Waals surface area contributed by atoms with Crippen molar-refractivity contribution in [3.63, 3.8) is 0 Å². The van der Waals surface area contributed by atoms with E-state index in [1.165, 1.54) is 67.2 Å². The van der Waals surface area contributed by atoms with E-state index in [9.17, 15) is 0 Å². The number of hydrogen-bond acceptors (Lipinski definition) is 3. The summed E-state index contributed by atoms with van der Waals surface area (Å²) in [5.74, 6) is 0. The van der Waals surface area contributed by atoms with E-state index in [1.54, 1.807) is 0 Å². The van der Waals surface area contributed by atoms with Crippen molar-refractivity contribution in [3.8, 4) is 0 Å². The number of dihydropyridines is 1. The van der Waals surface area contributed by atoms with E-state index in [2.05, 4.69) is 167 Å². The van der Waals surface area contributed by atoms with Crippen LogP contribution >= 0.6 is 0 Å². The van der Waals surface area contributed by atoms with Crippen LogP contribution in [0.3, 0.4) is 0 Å². The summed E-state index contributed by atoms with van der Waals surface area (Å²) in [6.45, 7) is 0. The first kappa shape index (κ1) is 25.8. The highest BCUT2D eigenvalue weighted by Crippen LogP contribution is 2.65. The molecule has 0 saturated heterocycles. The fourth-order valence-electron chi connectivity index (χ4n) is 8.75. The molecule has 0 aromatic heterocycles. The Bertz CT molecular complexity index is 2170. The molecule has 220 valence electrons. The summed E-state index contributed by atoms with van der Waals surface area (Å²) in [6.07, 6.45) is 11.7. The van der Waals surface area contributed by atoms with Gasteiger partial charge in [-0.2, -0.15) is 0 Å². The standard InChI is InChI=1S/C43H33N3/c1-3-14-28(15-4-1)38-26-30(27-39(44-38)29-16-5-2-6-17-29)42-45-37-24-13-23-36-41(37)46(42)40-25-12-11-22-35(40)43(36)33-20-9-7-18-31(33)32-19-8-10-21-34(32)43/h1-7,9-18,20-27,38,42,44-45H,8,19H2. The molecule has 3 aliphatic heterocycles. The van der Waals surface area contributed by atoms with E-state index >= 15 is 0 Å². The number of nitrogens with zero attached hydrogens (tertiary/aromatic N) is 1.